The third kappa shape index (κ3) is 3.31. The number of nitrogens with two attached hydrogens (primary N) is 1. The smallest absolute Gasteiger partial charge is 0.119 e. The Morgan fingerprint density at radius 2 is 2.17 bits per heavy atom. The molecule has 1 aromatic carbocycles. The Morgan fingerprint density at radius 3 is 2.89 bits per heavy atom. The largest absolute Gasteiger partial charge is 0.494 e. The minimum atomic E-state index is -0.0319. The monoisotopic (exact) mass is 242 g/mol. The minimum Gasteiger partial charge on any atom is -0.494 e. The Balaban J connectivity index is 2.07. The van der Waals surface area contributed by atoms with Crippen LogP contribution in [0.2, 0.25) is 0 Å². The predicted octanol–water partition coefficient (Wildman–Crippen LogP) is 2.72. The van der Waals surface area contributed by atoms with Crippen molar-refractivity contribution in [3.63, 3.8) is 0 Å². The van der Waals surface area contributed by atoms with Gasteiger partial charge in [-0.05, 0) is 42.7 Å². The molecule has 1 aromatic heterocycles. The maximum atomic E-state index is 6.17. The first kappa shape index (κ1) is 12.6. The molecule has 3 nitrogen and oxygen atoms in total. The first-order valence-corrected chi connectivity index (χ1v) is 6.17. The van der Waals surface area contributed by atoms with Gasteiger partial charge in [0.05, 0.1) is 6.61 Å². The molecule has 0 fully saturated rings. The maximum absolute atomic E-state index is 6.17. The summed E-state index contributed by atoms with van der Waals surface area (Å²) in [4.78, 5) is 4.09. The van der Waals surface area contributed by atoms with E-state index in [0.29, 0.717) is 6.61 Å². The molecule has 0 spiro atoms. The van der Waals surface area contributed by atoms with E-state index in [2.05, 4.69) is 11.1 Å². The van der Waals surface area contributed by atoms with Gasteiger partial charge in [-0.1, -0.05) is 18.2 Å². The van der Waals surface area contributed by atoms with Gasteiger partial charge in [-0.2, -0.15) is 0 Å². The molecule has 0 radical (unpaired) electrons. The van der Waals surface area contributed by atoms with Crippen molar-refractivity contribution in [1.29, 1.82) is 0 Å². The number of aromatic nitrogens is 1. The quantitative estimate of drug-likeness (QED) is 0.877. The maximum Gasteiger partial charge on any atom is 0.119 e. The van der Waals surface area contributed by atoms with E-state index in [1.807, 2.05) is 43.5 Å². The van der Waals surface area contributed by atoms with Crippen molar-refractivity contribution in [2.45, 2.75) is 19.4 Å². The number of hydrogen-bond acceptors (Lipinski definition) is 3. The number of rotatable bonds is 5. The van der Waals surface area contributed by atoms with Gasteiger partial charge in [0.2, 0.25) is 0 Å². The van der Waals surface area contributed by atoms with Gasteiger partial charge in [0.15, 0.2) is 0 Å². The average molecular weight is 242 g/mol. The fraction of sp³-hybridized carbons (Fsp3) is 0.267. The van der Waals surface area contributed by atoms with Crippen LogP contribution in [0, 0.1) is 0 Å². The summed E-state index contributed by atoms with van der Waals surface area (Å²) in [6, 6.07) is 11.9. The van der Waals surface area contributed by atoms with Crippen LogP contribution >= 0.6 is 0 Å². The highest BCUT2D eigenvalue weighted by molar-refractivity contribution is 5.30. The van der Waals surface area contributed by atoms with E-state index in [4.69, 9.17) is 10.5 Å². The SMILES string of the molecule is CCOc1cccc(CC(N)c2cccnc2)c1. The topological polar surface area (TPSA) is 48.1 Å². The molecule has 0 aliphatic heterocycles. The zero-order chi connectivity index (χ0) is 12.8. The first-order valence-electron chi connectivity index (χ1n) is 6.17. The molecule has 0 amide bonds. The van der Waals surface area contributed by atoms with Crippen LogP contribution in [0.4, 0.5) is 0 Å². The average Bonchev–Trinajstić information content (AvgIpc) is 2.40. The van der Waals surface area contributed by atoms with Gasteiger partial charge in [-0.25, -0.2) is 0 Å². The second-order valence-electron chi connectivity index (χ2n) is 4.18. The molecule has 0 aliphatic rings. The molecule has 0 saturated carbocycles. The van der Waals surface area contributed by atoms with Crippen molar-refractivity contribution in [3.8, 4) is 5.75 Å². The van der Waals surface area contributed by atoms with Crippen LogP contribution in [0.1, 0.15) is 24.1 Å². The fourth-order valence-electron chi connectivity index (χ4n) is 1.90. The Hall–Kier alpha value is -1.87. The van der Waals surface area contributed by atoms with Crippen LogP contribution in [0.5, 0.6) is 5.75 Å². The molecule has 0 saturated heterocycles. The lowest BCUT2D eigenvalue weighted by molar-refractivity contribution is 0.340. The van der Waals surface area contributed by atoms with Gasteiger partial charge in [-0.3, -0.25) is 4.98 Å². The minimum absolute atomic E-state index is 0.0319. The van der Waals surface area contributed by atoms with Crippen molar-refractivity contribution in [3.05, 3.63) is 59.9 Å². The van der Waals surface area contributed by atoms with E-state index >= 15 is 0 Å². The van der Waals surface area contributed by atoms with Crippen LogP contribution in [0.3, 0.4) is 0 Å². The molecule has 2 N–H and O–H groups in total. The summed E-state index contributed by atoms with van der Waals surface area (Å²) in [6.45, 7) is 2.66. The zero-order valence-electron chi connectivity index (χ0n) is 10.5. The summed E-state index contributed by atoms with van der Waals surface area (Å²) in [5.74, 6) is 0.897. The van der Waals surface area contributed by atoms with Crippen molar-refractivity contribution in [1.82, 2.24) is 4.98 Å². The Bertz CT molecular complexity index is 485. The number of nitrogens with zero attached hydrogens (tertiary/aromatic N) is 1. The lowest BCUT2D eigenvalue weighted by atomic mass is 10.0. The molecule has 18 heavy (non-hydrogen) atoms. The highest BCUT2D eigenvalue weighted by Gasteiger charge is 2.07. The first-order chi connectivity index (χ1) is 8.79. The molecule has 1 unspecified atom stereocenters. The molecule has 1 atom stereocenters. The van der Waals surface area contributed by atoms with Crippen molar-refractivity contribution < 1.29 is 4.74 Å². The van der Waals surface area contributed by atoms with Gasteiger partial charge in [0.25, 0.3) is 0 Å². The summed E-state index contributed by atoms with van der Waals surface area (Å²) in [5, 5.41) is 0. The van der Waals surface area contributed by atoms with Crippen molar-refractivity contribution in [2.24, 2.45) is 5.73 Å². The van der Waals surface area contributed by atoms with Gasteiger partial charge < -0.3 is 10.5 Å². The van der Waals surface area contributed by atoms with Crippen LogP contribution in [-0.2, 0) is 6.42 Å². The van der Waals surface area contributed by atoms with Crippen molar-refractivity contribution >= 4 is 0 Å². The van der Waals surface area contributed by atoms with E-state index < -0.39 is 0 Å². The van der Waals surface area contributed by atoms with E-state index in [0.717, 1.165) is 17.7 Å². The summed E-state index contributed by atoms with van der Waals surface area (Å²) in [5.41, 5.74) is 8.40. The van der Waals surface area contributed by atoms with Crippen LogP contribution in [0.15, 0.2) is 48.8 Å². The number of ether oxygens (including phenoxy) is 1. The summed E-state index contributed by atoms with van der Waals surface area (Å²) < 4.78 is 5.48. The zero-order valence-corrected chi connectivity index (χ0v) is 10.5. The summed E-state index contributed by atoms with van der Waals surface area (Å²) in [6.07, 6.45) is 4.36. The van der Waals surface area contributed by atoms with Crippen LogP contribution in [0.25, 0.3) is 0 Å². The summed E-state index contributed by atoms with van der Waals surface area (Å²) in [7, 11) is 0. The normalized spacial score (nSPS) is 12.1. The molecular formula is C15H18N2O. The predicted molar refractivity (Wildman–Crippen MR) is 72.5 cm³/mol. The van der Waals surface area contributed by atoms with Gasteiger partial charge in [0, 0.05) is 18.4 Å². The highest BCUT2D eigenvalue weighted by Crippen LogP contribution is 2.19. The van der Waals surface area contributed by atoms with Gasteiger partial charge in [-0.15, -0.1) is 0 Å². The van der Waals surface area contributed by atoms with Crippen LogP contribution in [-0.4, -0.2) is 11.6 Å². The molecular weight excluding hydrogens is 224 g/mol. The van der Waals surface area contributed by atoms with Gasteiger partial charge >= 0.3 is 0 Å². The molecule has 3 heteroatoms. The Morgan fingerprint density at radius 1 is 1.28 bits per heavy atom. The number of hydrogen-bond donors (Lipinski definition) is 1. The third-order valence-electron chi connectivity index (χ3n) is 2.78. The van der Waals surface area contributed by atoms with Gasteiger partial charge in [0.1, 0.15) is 5.75 Å². The fourth-order valence-corrected chi connectivity index (χ4v) is 1.90. The molecule has 2 rings (SSSR count). The van der Waals surface area contributed by atoms with E-state index in [1.54, 1.807) is 6.20 Å². The lowest BCUT2D eigenvalue weighted by Crippen LogP contribution is -2.13. The second-order valence-corrected chi connectivity index (χ2v) is 4.18. The second kappa shape index (κ2) is 6.17. The van der Waals surface area contributed by atoms with E-state index in [-0.39, 0.29) is 6.04 Å². The summed E-state index contributed by atoms with van der Waals surface area (Å²) >= 11 is 0. The number of pyridine rings is 1. The number of benzene rings is 1. The van der Waals surface area contributed by atoms with Crippen molar-refractivity contribution in [2.75, 3.05) is 6.61 Å². The lowest BCUT2D eigenvalue weighted by Gasteiger charge is -2.12. The standard InChI is InChI=1S/C15H18N2O/c1-2-18-14-7-3-5-12(9-14)10-15(16)13-6-4-8-17-11-13/h3-9,11,15H,2,10,16H2,1H3. The van der Waals surface area contributed by atoms with E-state index in [1.165, 1.54) is 5.56 Å². The van der Waals surface area contributed by atoms with Crippen LogP contribution < -0.4 is 10.5 Å². The highest BCUT2D eigenvalue weighted by atomic mass is 16.5. The Kier molecular flexibility index (Phi) is 4.31. The molecule has 0 bridgehead atoms. The molecule has 0 aliphatic carbocycles. The molecule has 2 aromatic rings. The Labute approximate surface area is 108 Å². The van der Waals surface area contributed by atoms with E-state index in [9.17, 15) is 0 Å². The molecule has 1 heterocycles. The third-order valence-corrected chi connectivity index (χ3v) is 2.78. The molecule has 94 valence electrons.